The highest BCUT2D eigenvalue weighted by Gasteiger charge is 2.11. The van der Waals surface area contributed by atoms with E-state index in [1.54, 1.807) is 18.1 Å². The average Bonchev–Trinajstić information content (AvgIpc) is 3.10. The van der Waals surface area contributed by atoms with Gasteiger partial charge in [-0.05, 0) is 30.2 Å². The third-order valence-corrected chi connectivity index (χ3v) is 4.11. The highest BCUT2D eigenvalue weighted by molar-refractivity contribution is 5.73. The fourth-order valence-electron chi connectivity index (χ4n) is 2.62. The molecular formula is C20H22N4O. The lowest BCUT2D eigenvalue weighted by molar-refractivity contribution is 0.206. The lowest BCUT2D eigenvalue weighted by atomic mass is 10.1. The number of hydrogen-bond donors (Lipinski definition) is 1. The van der Waals surface area contributed by atoms with Gasteiger partial charge in [-0.3, -0.25) is 0 Å². The van der Waals surface area contributed by atoms with Crippen LogP contribution >= 0.6 is 0 Å². The van der Waals surface area contributed by atoms with Crippen LogP contribution in [0.4, 0.5) is 4.79 Å². The van der Waals surface area contributed by atoms with Crippen molar-refractivity contribution in [3.05, 3.63) is 83.7 Å². The van der Waals surface area contributed by atoms with Gasteiger partial charge in [0.25, 0.3) is 0 Å². The highest BCUT2D eigenvalue weighted by Crippen LogP contribution is 2.10. The van der Waals surface area contributed by atoms with E-state index in [1.807, 2.05) is 72.4 Å². The number of carbonyl (C=O) groups excluding carboxylic acids is 1. The highest BCUT2D eigenvalue weighted by atomic mass is 16.2. The molecule has 0 spiro atoms. The Labute approximate surface area is 147 Å². The summed E-state index contributed by atoms with van der Waals surface area (Å²) in [7, 11) is 1.78. The number of rotatable bonds is 5. The monoisotopic (exact) mass is 334 g/mol. The third kappa shape index (κ3) is 4.26. The van der Waals surface area contributed by atoms with Crippen molar-refractivity contribution < 1.29 is 4.79 Å². The maximum Gasteiger partial charge on any atom is 0.317 e. The first-order valence-corrected chi connectivity index (χ1v) is 8.26. The minimum Gasteiger partial charge on any atom is -0.334 e. The van der Waals surface area contributed by atoms with Crippen molar-refractivity contribution in [2.75, 3.05) is 7.05 Å². The van der Waals surface area contributed by atoms with Gasteiger partial charge in [-0.25, -0.2) is 9.48 Å². The molecule has 1 heterocycles. The summed E-state index contributed by atoms with van der Waals surface area (Å²) in [5.41, 5.74) is 4.29. The van der Waals surface area contributed by atoms with Crippen LogP contribution in [0.2, 0.25) is 0 Å². The molecule has 0 bridgehead atoms. The van der Waals surface area contributed by atoms with Gasteiger partial charge in [0.05, 0.1) is 18.4 Å². The van der Waals surface area contributed by atoms with Crippen LogP contribution in [-0.2, 0) is 13.1 Å². The van der Waals surface area contributed by atoms with Crippen LogP contribution in [0.5, 0.6) is 0 Å². The molecule has 1 aromatic heterocycles. The minimum absolute atomic E-state index is 0.101. The molecule has 0 saturated heterocycles. The van der Waals surface area contributed by atoms with Crippen molar-refractivity contribution in [2.24, 2.45) is 0 Å². The van der Waals surface area contributed by atoms with E-state index in [0.29, 0.717) is 13.1 Å². The summed E-state index contributed by atoms with van der Waals surface area (Å²) in [4.78, 5) is 14.0. The topological polar surface area (TPSA) is 50.2 Å². The van der Waals surface area contributed by atoms with Crippen LogP contribution in [0.3, 0.4) is 0 Å². The van der Waals surface area contributed by atoms with Crippen molar-refractivity contribution in [1.29, 1.82) is 0 Å². The van der Waals surface area contributed by atoms with Crippen LogP contribution in [0.25, 0.3) is 5.69 Å². The zero-order valence-corrected chi connectivity index (χ0v) is 14.5. The Morgan fingerprint density at radius 3 is 2.60 bits per heavy atom. The first-order valence-electron chi connectivity index (χ1n) is 8.26. The lowest BCUT2D eigenvalue weighted by Crippen LogP contribution is -2.36. The van der Waals surface area contributed by atoms with Gasteiger partial charge in [-0.1, -0.05) is 42.5 Å². The van der Waals surface area contributed by atoms with Crippen molar-refractivity contribution in [3.63, 3.8) is 0 Å². The van der Waals surface area contributed by atoms with Crippen LogP contribution in [0, 0.1) is 6.92 Å². The molecule has 0 aliphatic heterocycles. The van der Waals surface area contributed by atoms with Gasteiger partial charge < -0.3 is 10.2 Å². The Morgan fingerprint density at radius 2 is 1.84 bits per heavy atom. The van der Waals surface area contributed by atoms with Crippen LogP contribution in [0.1, 0.15) is 16.7 Å². The summed E-state index contributed by atoms with van der Waals surface area (Å²) in [6, 6.07) is 17.9. The van der Waals surface area contributed by atoms with Crippen molar-refractivity contribution in [2.45, 2.75) is 20.0 Å². The quantitative estimate of drug-likeness (QED) is 0.776. The number of amides is 2. The van der Waals surface area contributed by atoms with E-state index < -0.39 is 0 Å². The Kier molecular flexibility index (Phi) is 5.14. The summed E-state index contributed by atoms with van der Waals surface area (Å²) in [6.07, 6.45) is 3.73. The molecule has 3 rings (SSSR count). The predicted octanol–water partition coefficient (Wildman–Crippen LogP) is 3.52. The van der Waals surface area contributed by atoms with Crippen molar-refractivity contribution >= 4 is 6.03 Å². The Morgan fingerprint density at radius 1 is 1.12 bits per heavy atom. The second kappa shape index (κ2) is 7.66. The molecule has 0 aliphatic rings. The van der Waals surface area contributed by atoms with E-state index in [9.17, 15) is 4.79 Å². The van der Waals surface area contributed by atoms with Gasteiger partial charge in [0.15, 0.2) is 0 Å². The number of benzene rings is 2. The van der Waals surface area contributed by atoms with Crippen molar-refractivity contribution in [3.8, 4) is 5.69 Å². The third-order valence-electron chi connectivity index (χ3n) is 4.11. The molecule has 2 amide bonds. The second-order valence-corrected chi connectivity index (χ2v) is 6.07. The van der Waals surface area contributed by atoms with Gasteiger partial charge in [-0.15, -0.1) is 0 Å². The van der Waals surface area contributed by atoms with E-state index in [4.69, 9.17) is 0 Å². The smallest absolute Gasteiger partial charge is 0.317 e. The number of urea groups is 1. The van der Waals surface area contributed by atoms with Gasteiger partial charge >= 0.3 is 6.03 Å². The maximum absolute atomic E-state index is 12.3. The molecule has 0 unspecified atom stereocenters. The Bertz CT molecular complexity index is 842. The van der Waals surface area contributed by atoms with E-state index in [0.717, 1.165) is 16.8 Å². The number of para-hydroxylation sites is 1. The predicted molar refractivity (Wildman–Crippen MR) is 98.4 cm³/mol. The van der Waals surface area contributed by atoms with Gasteiger partial charge in [0, 0.05) is 25.4 Å². The molecule has 1 N–H and O–H groups in total. The molecule has 0 atom stereocenters. The molecule has 0 fully saturated rings. The Balaban J connectivity index is 1.57. The number of aromatic nitrogens is 2. The maximum atomic E-state index is 12.3. The SMILES string of the molecule is Cc1ccccc1CNC(=O)N(C)Cc1cnn(-c2ccccc2)c1. The zero-order valence-electron chi connectivity index (χ0n) is 14.5. The number of nitrogens with zero attached hydrogens (tertiary/aromatic N) is 3. The summed E-state index contributed by atoms with van der Waals surface area (Å²) >= 11 is 0. The van der Waals surface area contributed by atoms with Gasteiger partial charge in [-0.2, -0.15) is 5.10 Å². The standard InChI is InChI=1S/C20H22N4O/c1-16-8-6-7-9-18(16)13-21-20(25)23(2)14-17-12-22-24(15-17)19-10-4-3-5-11-19/h3-12,15H,13-14H2,1-2H3,(H,21,25). The fourth-order valence-corrected chi connectivity index (χ4v) is 2.62. The second-order valence-electron chi connectivity index (χ2n) is 6.07. The fraction of sp³-hybridized carbons (Fsp3) is 0.200. The lowest BCUT2D eigenvalue weighted by Gasteiger charge is -2.17. The number of carbonyl (C=O) groups is 1. The van der Waals surface area contributed by atoms with Gasteiger partial charge in [0.1, 0.15) is 0 Å². The van der Waals surface area contributed by atoms with E-state index >= 15 is 0 Å². The Hall–Kier alpha value is -3.08. The molecule has 3 aromatic rings. The number of hydrogen-bond acceptors (Lipinski definition) is 2. The molecule has 5 heteroatoms. The number of nitrogens with one attached hydrogen (secondary N) is 1. The first kappa shape index (κ1) is 16.8. The minimum atomic E-state index is -0.101. The molecule has 25 heavy (non-hydrogen) atoms. The normalized spacial score (nSPS) is 10.5. The summed E-state index contributed by atoms with van der Waals surface area (Å²) < 4.78 is 1.81. The number of aryl methyl sites for hydroxylation is 1. The zero-order chi connectivity index (χ0) is 17.6. The summed E-state index contributed by atoms with van der Waals surface area (Å²) in [5.74, 6) is 0. The van der Waals surface area contributed by atoms with Crippen molar-refractivity contribution in [1.82, 2.24) is 20.0 Å². The van der Waals surface area contributed by atoms with E-state index in [1.165, 1.54) is 5.56 Å². The molecule has 0 radical (unpaired) electrons. The molecule has 2 aromatic carbocycles. The van der Waals surface area contributed by atoms with E-state index in [2.05, 4.69) is 10.4 Å². The van der Waals surface area contributed by atoms with Gasteiger partial charge in [0.2, 0.25) is 0 Å². The largest absolute Gasteiger partial charge is 0.334 e. The van der Waals surface area contributed by atoms with Crippen LogP contribution in [0.15, 0.2) is 67.0 Å². The average molecular weight is 334 g/mol. The van der Waals surface area contributed by atoms with Crippen LogP contribution < -0.4 is 5.32 Å². The molecule has 0 aliphatic carbocycles. The molecule has 5 nitrogen and oxygen atoms in total. The van der Waals surface area contributed by atoms with E-state index in [-0.39, 0.29) is 6.03 Å². The molecule has 0 saturated carbocycles. The first-order chi connectivity index (χ1) is 12.1. The summed E-state index contributed by atoms with van der Waals surface area (Å²) in [6.45, 7) is 3.08. The molecular weight excluding hydrogens is 312 g/mol. The summed E-state index contributed by atoms with van der Waals surface area (Å²) in [5, 5.41) is 7.32. The van der Waals surface area contributed by atoms with Crippen LogP contribution in [-0.4, -0.2) is 27.8 Å². The molecule has 128 valence electrons.